The highest BCUT2D eigenvalue weighted by atomic mass is 16.2. The van der Waals surface area contributed by atoms with E-state index in [4.69, 9.17) is 5.73 Å². The molecule has 1 aromatic rings. The normalized spacial score (nSPS) is 10.9. The van der Waals surface area contributed by atoms with E-state index in [1.807, 2.05) is 44.2 Å². The molecule has 2 amide bonds. The van der Waals surface area contributed by atoms with Crippen LogP contribution in [0.25, 0.3) is 0 Å². The second-order valence-electron chi connectivity index (χ2n) is 4.16. The first-order valence-corrected chi connectivity index (χ1v) is 4.86. The van der Waals surface area contributed by atoms with E-state index < -0.39 is 5.54 Å². The van der Waals surface area contributed by atoms with Gasteiger partial charge in [0.25, 0.3) is 0 Å². The maximum Gasteiger partial charge on any atom is 0.319 e. The van der Waals surface area contributed by atoms with Gasteiger partial charge in [0.2, 0.25) is 0 Å². The third-order valence-corrected chi connectivity index (χ3v) is 1.74. The lowest BCUT2D eigenvalue weighted by atomic mass is 10.1. The quantitative estimate of drug-likeness (QED) is 0.704. The van der Waals surface area contributed by atoms with Crippen molar-refractivity contribution >= 4 is 11.7 Å². The second kappa shape index (κ2) is 4.79. The van der Waals surface area contributed by atoms with Gasteiger partial charge in [0.05, 0.1) is 0 Å². The monoisotopic (exact) mass is 207 g/mol. The molecule has 0 radical (unpaired) electrons. The van der Waals surface area contributed by atoms with Crippen molar-refractivity contribution in [2.75, 3.05) is 11.9 Å². The summed E-state index contributed by atoms with van der Waals surface area (Å²) in [5.41, 5.74) is 6.11. The Bertz CT molecular complexity index is 316. The molecule has 4 N–H and O–H groups in total. The van der Waals surface area contributed by atoms with Crippen LogP contribution in [0.4, 0.5) is 10.5 Å². The molecule has 0 spiro atoms. The van der Waals surface area contributed by atoms with E-state index in [9.17, 15) is 4.79 Å². The lowest BCUT2D eigenvalue weighted by Gasteiger charge is -2.19. The van der Waals surface area contributed by atoms with Gasteiger partial charge in [0.1, 0.15) is 0 Å². The Morgan fingerprint density at radius 3 is 2.47 bits per heavy atom. The summed E-state index contributed by atoms with van der Waals surface area (Å²) in [4.78, 5) is 11.4. The molecule has 15 heavy (non-hydrogen) atoms. The Hall–Kier alpha value is -1.55. The summed E-state index contributed by atoms with van der Waals surface area (Å²) >= 11 is 0. The van der Waals surface area contributed by atoms with Crippen LogP contribution in [0.1, 0.15) is 13.8 Å². The van der Waals surface area contributed by atoms with Gasteiger partial charge >= 0.3 is 6.03 Å². The number of carbonyl (C=O) groups is 1. The number of amides is 2. The Morgan fingerprint density at radius 2 is 1.93 bits per heavy atom. The van der Waals surface area contributed by atoms with Crippen LogP contribution in [0.3, 0.4) is 0 Å². The van der Waals surface area contributed by atoms with Crippen LogP contribution in [0, 0.1) is 0 Å². The van der Waals surface area contributed by atoms with Crippen molar-refractivity contribution < 1.29 is 4.79 Å². The summed E-state index contributed by atoms with van der Waals surface area (Å²) in [5.74, 6) is 0. The summed E-state index contributed by atoms with van der Waals surface area (Å²) in [7, 11) is 0. The predicted molar refractivity (Wildman–Crippen MR) is 61.7 cm³/mol. The number of urea groups is 1. The number of hydrogen-bond acceptors (Lipinski definition) is 2. The van der Waals surface area contributed by atoms with Gasteiger partial charge in [-0.05, 0) is 26.0 Å². The fourth-order valence-electron chi connectivity index (χ4n) is 1.00. The highest BCUT2D eigenvalue weighted by Gasteiger charge is 2.11. The summed E-state index contributed by atoms with van der Waals surface area (Å²) in [6.07, 6.45) is 0. The third-order valence-electron chi connectivity index (χ3n) is 1.74. The lowest BCUT2D eigenvalue weighted by Crippen LogP contribution is -2.46. The van der Waals surface area contributed by atoms with E-state index in [1.54, 1.807) is 0 Å². The van der Waals surface area contributed by atoms with Crippen molar-refractivity contribution in [3.05, 3.63) is 30.3 Å². The van der Waals surface area contributed by atoms with Gasteiger partial charge < -0.3 is 16.4 Å². The first-order valence-electron chi connectivity index (χ1n) is 4.86. The van der Waals surface area contributed by atoms with Crippen LogP contribution < -0.4 is 16.4 Å². The van der Waals surface area contributed by atoms with Gasteiger partial charge in [-0.2, -0.15) is 0 Å². The van der Waals surface area contributed by atoms with Crippen molar-refractivity contribution in [2.45, 2.75) is 19.4 Å². The zero-order chi connectivity index (χ0) is 11.3. The first-order chi connectivity index (χ1) is 6.97. The second-order valence-corrected chi connectivity index (χ2v) is 4.16. The number of hydrogen-bond donors (Lipinski definition) is 3. The smallest absolute Gasteiger partial charge is 0.319 e. The van der Waals surface area contributed by atoms with E-state index in [2.05, 4.69) is 10.6 Å². The van der Waals surface area contributed by atoms with Crippen LogP contribution in [0.15, 0.2) is 30.3 Å². The van der Waals surface area contributed by atoms with Crippen molar-refractivity contribution in [1.29, 1.82) is 0 Å². The fourth-order valence-corrected chi connectivity index (χ4v) is 1.00. The van der Waals surface area contributed by atoms with E-state index in [0.717, 1.165) is 5.69 Å². The van der Waals surface area contributed by atoms with Crippen molar-refractivity contribution in [3.8, 4) is 0 Å². The molecule has 0 heterocycles. The van der Waals surface area contributed by atoms with E-state index in [1.165, 1.54) is 0 Å². The number of carbonyl (C=O) groups excluding carboxylic acids is 1. The fraction of sp³-hybridized carbons (Fsp3) is 0.364. The maximum absolute atomic E-state index is 11.4. The number of benzene rings is 1. The zero-order valence-electron chi connectivity index (χ0n) is 9.08. The van der Waals surface area contributed by atoms with Crippen LogP contribution in [0.5, 0.6) is 0 Å². The van der Waals surface area contributed by atoms with E-state index in [0.29, 0.717) is 6.54 Å². The van der Waals surface area contributed by atoms with Gasteiger partial charge in [0, 0.05) is 17.8 Å². The molecule has 0 aromatic heterocycles. The lowest BCUT2D eigenvalue weighted by molar-refractivity contribution is 0.250. The molecule has 82 valence electrons. The molecular formula is C11H17N3O. The third kappa shape index (κ3) is 5.02. The van der Waals surface area contributed by atoms with Gasteiger partial charge in [-0.15, -0.1) is 0 Å². The molecule has 0 bridgehead atoms. The number of anilines is 1. The van der Waals surface area contributed by atoms with Crippen molar-refractivity contribution in [1.82, 2.24) is 5.32 Å². The number of para-hydroxylation sites is 1. The highest BCUT2D eigenvalue weighted by Crippen LogP contribution is 2.04. The minimum Gasteiger partial charge on any atom is -0.336 e. The van der Waals surface area contributed by atoms with E-state index in [-0.39, 0.29) is 6.03 Å². The van der Waals surface area contributed by atoms with Gasteiger partial charge in [-0.1, -0.05) is 18.2 Å². The Morgan fingerprint density at radius 1 is 1.33 bits per heavy atom. The standard InChI is InChI=1S/C11H17N3O/c1-11(2,12)8-13-10(15)14-9-6-4-3-5-7-9/h3-7H,8,12H2,1-2H3,(H2,13,14,15). The Labute approximate surface area is 89.9 Å². The predicted octanol–water partition coefficient (Wildman–Crippen LogP) is 1.55. The number of nitrogens with one attached hydrogen (secondary N) is 2. The van der Waals surface area contributed by atoms with Crippen LogP contribution in [0.2, 0.25) is 0 Å². The van der Waals surface area contributed by atoms with Gasteiger partial charge in [-0.25, -0.2) is 4.79 Å². The highest BCUT2D eigenvalue weighted by molar-refractivity contribution is 5.89. The first kappa shape index (κ1) is 11.5. The zero-order valence-corrected chi connectivity index (χ0v) is 9.08. The summed E-state index contributed by atoms with van der Waals surface area (Å²) < 4.78 is 0. The Balaban J connectivity index is 2.38. The van der Waals surface area contributed by atoms with Gasteiger partial charge in [0.15, 0.2) is 0 Å². The SMILES string of the molecule is CC(C)(N)CNC(=O)Nc1ccccc1. The van der Waals surface area contributed by atoms with Gasteiger partial charge in [-0.3, -0.25) is 0 Å². The summed E-state index contributed by atoms with van der Waals surface area (Å²) in [5, 5.41) is 5.40. The summed E-state index contributed by atoms with van der Waals surface area (Å²) in [6, 6.07) is 9.04. The average Bonchev–Trinajstić information content (AvgIpc) is 2.15. The molecule has 1 rings (SSSR count). The topological polar surface area (TPSA) is 67.1 Å². The molecule has 0 saturated heterocycles. The van der Waals surface area contributed by atoms with Crippen molar-refractivity contribution in [3.63, 3.8) is 0 Å². The maximum atomic E-state index is 11.4. The molecule has 4 nitrogen and oxygen atoms in total. The minimum absolute atomic E-state index is 0.236. The summed E-state index contributed by atoms with van der Waals surface area (Å²) in [6.45, 7) is 4.15. The molecule has 0 unspecified atom stereocenters. The molecule has 0 saturated carbocycles. The van der Waals surface area contributed by atoms with Crippen LogP contribution in [-0.2, 0) is 0 Å². The molecule has 0 aliphatic rings. The van der Waals surface area contributed by atoms with Crippen molar-refractivity contribution in [2.24, 2.45) is 5.73 Å². The largest absolute Gasteiger partial charge is 0.336 e. The van der Waals surface area contributed by atoms with Crippen LogP contribution >= 0.6 is 0 Å². The molecule has 0 fully saturated rings. The van der Waals surface area contributed by atoms with Crippen LogP contribution in [-0.4, -0.2) is 18.1 Å². The molecule has 1 aromatic carbocycles. The van der Waals surface area contributed by atoms with E-state index >= 15 is 0 Å². The Kier molecular flexibility index (Phi) is 3.68. The molecule has 4 heteroatoms. The number of nitrogens with two attached hydrogens (primary N) is 1. The minimum atomic E-state index is -0.395. The average molecular weight is 207 g/mol. The molecule has 0 aliphatic heterocycles. The molecule has 0 aliphatic carbocycles. The number of rotatable bonds is 3. The molecular weight excluding hydrogens is 190 g/mol. The molecule has 0 atom stereocenters.